The highest BCUT2D eigenvalue weighted by Gasteiger charge is 2.54. The average Bonchev–Trinajstić information content (AvgIpc) is 3.48. The van der Waals surface area contributed by atoms with E-state index in [9.17, 15) is 4.79 Å². The summed E-state index contributed by atoms with van der Waals surface area (Å²) in [5.41, 5.74) is 3.90. The van der Waals surface area contributed by atoms with Crippen molar-refractivity contribution in [3.63, 3.8) is 0 Å². The van der Waals surface area contributed by atoms with Crippen molar-refractivity contribution >= 4 is 5.78 Å². The van der Waals surface area contributed by atoms with E-state index in [1.807, 2.05) is 37.3 Å². The van der Waals surface area contributed by atoms with E-state index in [4.69, 9.17) is 4.74 Å². The Morgan fingerprint density at radius 1 is 1.13 bits per heavy atom. The second-order valence-electron chi connectivity index (χ2n) is 9.58. The summed E-state index contributed by atoms with van der Waals surface area (Å²) in [4.78, 5) is 19.7. The van der Waals surface area contributed by atoms with Crippen LogP contribution in [0.3, 0.4) is 0 Å². The number of hydrogen-bond donors (Lipinski definition) is 0. The Bertz CT molecular complexity index is 861. The number of benzene rings is 1. The maximum Gasteiger partial charge on any atom is 0.137 e. The molecule has 0 radical (unpaired) electrons. The van der Waals surface area contributed by atoms with Gasteiger partial charge in [0.05, 0.1) is 6.61 Å². The van der Waals surface area contributed by atoms with Crippen LogP contribution in [-0.2, 0) is 21.5 Å². The van der Waals surface area contributed by atoms with E-state index in [1.165, 1.54) is 18.4 Å². The lowest BCUT2D eigenvalue weighted by Gasteiger charge is -2.33. The summed E-state index contributed by atoms with van der Waals surface area (Å²) in [6.07, 6.45) is 8.90. The largest absolute Gasteiger partial charge is 0.381 e. The number of aryl methyl sites for hydroxylation is 1. The van der Waals surface area contributed by atoms with Gasteiger partial charge in [0.1, 0.15) is 5.78 Å². The number of rotatable bonds is 11. The summed E-state index contributed by atoms with van der Waals surface area (Å²) in [5, 5.41) is 0. The van der Waals surface area contributed by atoms with Crippen LogP contribution in [0.1, 0.15) is 62.3 Å². The summed E-state index contributed by atoms with van der Waals surface area (Å²) >= 11 is 0. The molecule has 1 aromatic carbocycles. The molecule has 2 fully saturated rings. The Morgan fingerprint density at radius 3 is 2.61 bits per heavy atom. The molecule has 0 unspecified atom stereocenters. The standard InChI is InChI=1S/C27H36N2O2/c1-3-31-21-26(13-7-10-25(30)18-23-8-5-4-6-9-23)16-17-29(20-26)27(14-15-27)24-12-11-22(2)28-19-24/h4-6,8-9,11-12,19H,3,7,10,13-18,20-21H2,1-2H3/t26-/m1/s1. The highest BCUT2D eigenvalue weighted by Crippen LogP contribution is 2.54. The number of Topliss-reactive ketones (excluding diaryl/α,β-unsaturated/α-hetero) is 1. The normalized spacial score (nSPS) is 22.5. The van der Waals surface area contributed by atoms with Crippen LogP contribution < -0.4 is 0 Å². The number of ketones is 1. The van der Waals surface area contributed by atoms with E-state index in [0.29, 0.717) is 18.6 Å². The molecule has 1 aliphatic carbocycles. The van der Waals surface area contributed by atoms with Gasteiger partial charge in [-0.1, -0.05) is 36.4 Å². The first-order chi connectivity index (χ1) is 15.1. The third-order valence-electron chi connectivity index (χ3n) is 7.24. The predicted octanol–water partition coefficient (Wildman–Crippen LogP) is 5.09. The number of nitrogens with zero attached hydrogens (tertiary/aromatic N) is 2. The minimum absolute atomic E-state index is 0.163. The molecule has 2 aromatic rings. The first-order valence-corrected chi connectivity index (χ1v) is 11.9. The third-order valence-corrected chi connectivity index (χ3v) is 7.24. The summed E-state index contributed by atoms with van der Waals surface area (Å²) < 4.78 is 5.95. The molecule has 1 aromatic heterocycles. The Balaban J connectivity index is 1.36. The number of likely N-dealkylation sites (tertiary alicyclic amines) is 1. The number of pyridine rings is 1. The van der Waals surface area contributed by atoms with Gasteiger partial charge in [0.25, 0.3) is 0 Å². The van der Waals surface area contributed by atoms with Crippen molar-refractivity contribution in [3.8, 4) is 0 Å². The summed E-state index contributed by atoms with van der Waals surface area (Å²) in [5.74, 6) is 0.344. The molecule has 1 saturated carbocycles. The molecule has 166 valence electrons. The average molecular weight is 421 g/mol. The molecule has 4 heteroatoms. The van der Waals surface area contributed by atoms with Crippen molar-refractivity contribution in [2.24, 2.45) is 5.41 Å². The first kappa shape index (κ1) is 22.2. The lowest BCUT2D eigenvalue weighted by molar-refractivity contribution is -0.118. The van der Waals surface area contributed by atoms with Gasteiger partial charge in [-0.25, -0.2) is 0 Å². The predicted molar refractivity (Wildman–Crippen MR) is 124 cm³/mol. The topological polar surface area (TPSA) is 42.4 Å². The monoisotopic (exact) mass is 420 g/mol. The molecular weight excluding hydrogens is 384 g/mol. The van der Waals surface area contributed by atoms with E-state index in [1.54, 1.807) is 0 Å². The SMILES string of the molecule is CCOC[C@]1(CCCC(=O)Cc2ccccc2)CCN(C2(c3ccc(C)nc3)CC2)C1. The fourth-order valence-corrected chi connectivity index (χ4v) is 5.23. The molecule has 1 atom stereocenters. The number of carbonyl (C=O) groups excluding carboxylic acids is 1. The van der Waals surface area contributed by atoms with Crippen molar-refractivity contribution in [2.45, 2.75) is 64.3 Å². The molecule has 0 amide bonds. The Kier molecular flexibility index (Phi) is 6.88. The molecule has 0 spiro atoms. The van der Waals surface area contributed by atoms with Crippen molar-refractivity contribution in [2.75, 3.05) is 26.3 Å². The zero-order valence-electron chi connectivity index (χ0n) is 19.1. The lowest BCUT2D eigenvalue weighted by Crippen LogP contribution is -2.37. The van der Waals surface area contributed by atoms with Gasteiger partial charge in [-0.2, -0.15) is 0 Å². The van der Waals surface area contributed by atoms with Crippen LogP contribution in [0.5, 0.6) is 0 Å². The first-order valence-electron chi connectivity index (χ1n) is 11.9. The lowest BCUT2D eigenvalue weighted by atomic mass is 9.82. The van der Waals surface area contributed by atoms with Crippen LogP contribution in [0.25, 0.3) is 0 Å². The van der Waals surface area contributed by atoms with Crippen LogP contribution >= 0.6 is 0 Å². The summed E-state index contributed by atoms with van der Waals surface area (Å²) in [6.45, 7) is 7.85. The zero-order chi connectivity index (χ0) is 21.7. The Labute approximate surface area is 187 Å². The fourth-order valence-electron chi connectivity index (χ4n) is 5.23. The second-order valence-corrected chi connectivity index (χ2v) is 9.58. The van der Waals surface area contributed by atoms with Gasteiger partial charge < -0.3 is 4.74 Å². The number of carbonyl (C=O) groups is 1. The molecule has 4 rings (SSSR count). The van der Waals surface area contributed by atoms with Gasteiger partial charge in [-0.05, 0) is 69.7 Å². The maximum absolute atomic E-state index is 12.5. The molecule has 1 aliphatic heterocycles. The van der Waals surface area contributed by atoms with E-state index in [0.717, 1.165) is 56.8 Å². The van der Waals surface area contributed by atoms with Crippen molar-refractivity contribution in [3.05, 3.63) is 65.5 Å². The van der Waals surface area contributed by atoms with Gasteiger partial charge in [0.2, 0.25) is 0 Å². The van der Waals surface area contributed by atoms with E-state index in [-0.39, 0.29) is 11.0 Å². The van der Waals surface area contributed by atoms with Crippen LogP contribution in [0.2, 0.25) is 0 Å². The summed E-state index contributed by atoms with van der Waals surface area (Å²) in [7, 11) is 0. The minimum Gasteiger partial charge on any atom is -0.381 e. The highest BCUT2D eigenvalue weighted by molar-refractivity contribution is 5.80. The molecular formula is C27H36N2O2. The summed E-state index contributed by atoms with van der Waals surface area (Å²) in [6, 6.07) is 14.5. The molecule has 2 aliphatic rings. The van der Waals surface area contributed by atoms with Gasteiger partial charge in [-0.15, -0.1) is 0 Å². The zero-order valence-corrected chi connectivity index (χ0v) is 19.1. The molecule has 1 saturated heterocycles. The number of aromatic nitrogens is 1. The van der Waals surface area contributed by atoms with Crippen molar-refractivity contribution in [1.29, 1.82) is 0 Å². The van der Waals surface area contributed by atoms with Crippen molar-refractivity contribution in [1.82, 2.24) is 9.88 Å². The third kappa shape index (κ3) is 5.24. The number of ether oxygens (including phenoxy) is 1. The molecule has 0 bridgehead atoms. The van der Waals surface area contributed by atoms with Gasteiger partial charge in [-0.3, -0.25) is 14.7 Å². The van der Waals surface area contributed by atoms with Crippen LogP contribution in [0, 0.1) is 12.3 Å². The quantitative estimate of drug-likeness (QED) is 0.508. The van der Waals surface area contributed by atoms with Crippen LogP contribution in [0.15, 0.2) is 48.7 Å². The highest BCUT2D eigenvalue weighted by atomic mass is 16.5. The van der Waals surface area contributed by atoms with Crippen LogP contribution in [-0.4, -0.2) is 42.0 Å². The molecule has 31 heavy (non-hydrogen) atoms. The Hall–Kier alpha value is -2.04. The van der Waals surface area contributed by atoms with Gasteiger partial charge in [0.15, 0.2) is 0 Å². The minimum atomic E-state index is 0.163. The second kappa shape index (κ2) is 9.62. The fraction of sp³-hybridized carbons (Fsp3) is 0.556. The van der Waals surface area contributed by atoms with E-state index in [2.05, 4.69) is 35.1 Å². The molecule has 4 nitrogen and oxygen atoms in total. The van der Waals surface area contributed by atoms with Crippen molar-refractivity contribution < 1.29 is 9.53 Å². The van der Waals surface area contributed by atoms with Gasteiger partial charge in [0, 0.05) is 48.8 Å². The van der Waals surface area contributed by atoms with E-state index >= 15 is 0 Å². The number of hydrogen-bond acceptors (Lipinski definition) is 4. The smallest absolute Gasteiger partial charge is 0.137 e. The maximum atomic E-state index is 12.5. The Morgan fingerprint density at radius 2 is 1.94 bits per heavy atom. The molecule has 2 heterocycles. The van der Waals surface area contributed by atoms with Gasteiger partial charge >= 0.3 is 0 Å². The van der Waals surface area contributed by atoms with E-state index < -0.39 is 0 Å². The molecule has 0 N–H and O–H groups in total. The van der Waals surface area contributed by atoms with Crippen LogP contribution in [0.4, 0.5) is 0 Å².